The van der Waals surface area contributed by atoms with Gasteiger partial charge in [0.15, 0.2) is 0 Å². The van der Waals surface area contributed by atoms with Crippen LogP contribution in [-0.4, -0.2) is 31.1 Å². The molecule has 0 radical (unpaired) electrons. The predicted octanol–water partition coefficient (Wildman–Crippen LogP) is 1.27. The van der Waals surface area contributed by atoms with Crippen molar-refractivity contribution in [1.82, 2.24) is 4.72 Å². The summed E-state index contributed by atoms with van der Waals surface area (Å²) in [4.78, 5) is 0.269. The molecule has 18 heavy (non-hydrogen) atoms. The Bertz CT molecular complexity index is 522. The van der Waals surface area contributed by atoms with Gasteiger partial charge in [-0.3, -0.25) is 0 Å². The fourth-order valence-corrected chi connectivity index (χ4v) is 4.85. The van der Waals surface area contributed by atoms with Crippen LogP contribution in [0.3, 0.4) is 0 Å². The third kappa shape index (κ3) is 2.88. The molecule has 6 heteroatoms. The number of hydrogen-bond donors (Lipinski definition) is 2. The van der Waals surface area contributed by atoms with Crippen LogP contribution in [0.5, 0.6) is 0 Å². The molecule has 0 saturated carbocycles. The smallest absolute Gasteiger partial charge is 0.241 e. The maximum atomic E-state index is 12.3. The first-order valence-electron chi connectivity index (χ1n) is 5.84. The molecule has 0 spiro atoms. The van der Waals surface area contributed by atoms with Gasteiger partial charge in [-0.25, -0.2) is 13.1 Å². The summed E-state index contributed by atoms with van der Waals surface area (Å²) in [7, 11) is -3.48. The molecule has 1 saturated heterocycles. The lowest BCUT2D eigenvalue weighted by Gasteiger charge is -2.15. The standard InChI is InChI=1S/C12H17NO3S2/c1-9-10(7-14)3-2-4-12(9)18(15,16)13-11-5-6-17-8-11/h2-4,11,13-14H,5-8H2,1H3. The Morgan fingerprint density at radius 1 is 1.50 bits per heavy atom. The summed E-state index contributed by atoms with van der Waals surface area (Å²) in [5.74, 6) is 1.83. The van der Waals surface area contributed by atoms with Crippen molar-refractivity contribution in [2.24, 2.45) is 0 Å². The van der Waals surface area contributed by atoms with Crippen molar-refractivity contribution in [2.45, 2.75) is 30.9 Å². The van der Waals surface area contributed by atoms with Gasteiger partial charge in [0, 0.05) is 11.8 Å². The van der Waals surface area contributed by atoms with Gasteiger partial charge in [0.2, 0.25) is 10.0 Å². The third-order valence-electron chi connectivity index (χ3n) is 3.11. The summed E-state index contributed by atoms with van der Waals surface area (Å²) in [6.45, 7) is 1.58. The molecule has 1 fully saturated rings. The number of sulfonamides is 1. The minimum Gasteiger partial charge on any atom is -0.392 e. The minimum absolute atomic E-state index is 0.0252. The zero-order valence-electron chi connectivity index (χ0n) is 10.2. The molecule has 1 aromatic carbocycles. The van der Waals surface area contributed by atoms with Crippen molar-refractivity contribution < 1.29 is 13.5 Å². The number of aliphatic hydroxyl groups is 1. The quantitative estimate of drug-likeness (QED) is 0.875. The highest BCUT2D eigenvalue weighted by atomic mass is 32.2. The van der Waals surface area contributed by atoms with Crippen molar-refractivity contribution in [3.63, 3.8) is 0 Å². The lowest BCUT2D eigenvalue weighted by molar-refractivity contribution is 0.280. The number of nitrogens with one attached hydrogen (secondary N) is 1. The monoisotopic (exact) mass is 287 g/mol. The Balaban J connectivity index is 2.29. The number of thioether (sulfide) groups is 1. The number of rotatable bonds is 4. The van der Waals surface area contributed by atoms with E-state index in [1.807, 2.05) is 0 Å². The number of hydrogen-bond acceptors (Lipinski definition) is 4. The van der Waals surface area contributed by atoms with Crippen LogP contribution in [0.2, 0.25) is 0 Å². The second-order valence-corrected chi connectivity index (χ2v) is 7.21. The van der Waals surface area contributed by atoms with E-state index in [1.54, 1.807) is 36.9 Å². The molecule has 0 bridgehead atoms. The molecule has 1 aliphatic rings. The molecule has 0 aliphatic carbocycles. The van der Waals surface area contributed by atoms with Crippen LogP contribution in [0.4, 0.5) is 0 Å². The lowest BCUT2D eigenvalue weighted by Crippen LogP contribution is -2.35. The maximum Gasteiger partial charge on any atom is 0.241 e. The van der Waals surface area contributed by atoms with Gasteiger partial charge >= 0.3 is 0 Å². The topological polar surface area (TPSA) is 66.4 Å². The first kappa shape index (κ1) is 13.9. The second kappa shape index (κ2) is 5.61. The second-order valence-electron chi connectivity index (χ2n) is 4.38. The molecule has 4 nitrogen and oxygen atoms in total. The van der Waals surface area contributed by atoms with Crippen LogP contribution >= 0.6 is 11.8 Å². The summed E-state index contributed by atoms with van der Waals surface area (Å²) in [5, 5.41) is 9.17. The summed E-state index contributed by atoms with van der Waals surface area (Å²) < 4.78 is 27.3. The molecule has 1 atom stereocenters. The van der Waals surface area contributed by atoms with Gasteiger partial charge in [0.1, 0.15) is 0 Å². The Morgan fingerprint density at radius 3 is 2.89 bits per heavy atom. The van der Waals surface area contributed by atoms with Gasteiger partial charge in [-0.2, -0.15) is 11.8 Å². The molecular weight excluding hydrogens is 270 g/mol. The molecule has 0 amide bonds. The predicted molar refractivity (Wildman–Crippen MR) is 73.2 cm³/mol. The average Bonchev–Trinajstić information content (AvgIpc) is 2.81. The highest BCUT2D eigenvalue weighted by Crippen LogP contribution is 2.22. The lowest BCUT2D eigenvalue weighted by atomic mass is 10.1. The summed E-state index contributed by atoms with van der Waals surface area (Å²) in [6.07, 6.45) is 0.878. The van der Waals surface area contributed by atoms with E-state index in [0.29, 0.717) is 11.1 Å². The summed E-state index contributed by atoms with van der Waals surface area (Å²) in [5.41, 5.74) is 1.27. The minimum atomic E-state index is -3.48. The van der Waals surface area contributed by atoms with E-state index >= 15 is 0 Å². The Kier molecular flexibility index (Phi) is 4.32. The Morgan fingerprint density at radius 2 is 2.28 bits per heavy atom. The Hall–Kier alpha value is -0.560. The normalized spacial score (nSPS) is 20.2. The Labute approximate surface area is 112 Å². The average molecular weight is 287 g/mol. The molecule has 0 aromatic heterocycles. The van der Waals surface area contributed by atoms with E-state index in [-0.39, 0.29) is 17.5 Å². The van der Waals surface area contributed by atoms with Crippen LogP contribution < -0.4 is 4.72 Å². The summed E-state index contributed by atoms with van der Waals surface area (Å²) >= 11 is 1.76. The molecule has 100 valence electrons. The van der Waals surface area contributed by atoms with Gasteiger partial charge in [-0.1, -0.05) is 12.1 Å². The molecule has 2 rings (SSSR count). The molecular formula is C12H17NO3S2. The van der Waals surface area contributed by atoms with Gasteiger partial charge in [0.05, 0.1) is 11.5 Å². The van der Waals surface area contributed by atoms with Gasteiger partial charge in [-0.05, 0) is 36.3 Å². The van der Waals surface area contributed by atoms with Crippen LogP contribution in [0.15, 0.2) is 23.1 Å². The van der Waals surface area contributed by atoms with Crippen molar-refractivity contribution in [1.29, 1.82) is 0 Å². The fraction of sp³-hybridized carbons (Fsp3) is 0.500. The molecule has 2 N–H and O–H groups in total. The number of aliphatic hydroxyl groups excluding tert-OH is 1. The van der Waals surface area contributed by atoms with E-state index in [4.69, 9.17) is 0 Å². The maximum absolute atomic E-state index is 12.3. The summed E-state index contributed by atoms with van der Waals surface area (Å²) in [6, 6.07) is 5.01. The van der Waals surface area contributed by atoms with Gasteiger partial charge in [0.25, 0.3) is 0 Å². The van der Waals surface area contributed by atoms with Crippen molar-refractivity contribution in [3.05, 3.63) is 29.3 Å². The molecule has 1 aliphatic heterocycles. The van der Waals surface area contributed by atoms with Crippen LogP contribution in [0, 0.1) is 6.92 Å². The van der Waals surface area contributed by atoms with Crippen molar-refractivity contribution in [2.75, 3.05) is 11.5 Å². The van der Waals surface area contributed by atoms with E-state index < -0.39 is 10.0 Å². The zero-order valence-corrected chi connectivity index (χ0v) is 11.9. The van der Waals surface area contributed by atoms with Gasteiger partial charge in [-0.15, -0.1) is 0 Å². The largest absolute Gasteiger partial charge is 0.392 e. The van der Waals surface area contributed by atoms with Crippen molar-refractivity contribution in [3.8, 4) is 0 Å². The van der Waals surface area contributed by atoms with E-state index in [2.05, 4.69) is 4.72 Å². The third-order valence-corrected chi connectivity index (χ3v) is 5.94. The van der Waals surface area contributed by atoms with Crippen LogP contribution in [0.1, 0.15) is 17.5 Å². The first-order chi connectivity index (χ1) is 8.54. The van der Waals surface area contributed by atoms with Crippen LogP contribution in [0.25, 0.3) is 0 Å². The van der Waals surface area contributed by atoms with Crippen molar-refractivity contribution >= 4 is 21.8 Å². The zero-order chi connectivity index (χ0) is 13.2. The van der Waals surface area contributed by atoms with Gasteiger partial charge < -0.3 is 5.11 Å². The molecule has 1 unspecified atom stereocenters. The molecule has 1 heterocycles. The first-order valence-corrected chi connectivity index (χ1v) is 8.48. The van der Waals surface area contributed by atoms with Crippen LogP contribution in [-0.2, 0) is 16.6 Å². The highest BCUT2D eigenvalue weighted by Gasteiger charge is 2.24. The SMILES string of the molecule is Cc1c(CO)cccc1S(=O)(=O)NC1CCSC1. The fourth-order valence-electron chi connectivity index (χ4n) is 2.03. The highest BCUT2D eigenvalue weighted by molar-refractivity contribution is 7.99. The van der Waals surface area contributed by atoms with E-state index in [9.17, 15) is 13.5 Å². The van der Waals surface area contributed by atoms with E-state index in [0.717, 1.165) is 17.9 Å². The number of benzene rings is 1. The molecule has 1 aromatic rings. The van der Waals surface area contributed by atoms with E-state index in [1.165, 1.54) is 0 Å².